The molecular formula is C11H15ClN4. The van der Waals surface area contributed by atoms with Gasteiger partial charge in [-0.25, -0.2) is 0 Å². The number of halogens is 1. The lowest BCUT2D eigenvalue weighted by Crippen LogP contribution is -2.08. The van der Waals surface area contributed by atoms with Crippen molar-refractivity contribution in [1.82, 2.24) is 10.2 Å². The normalized spacial score (nSPS) is 17.8. The van der Waals surface area contributed by atoms with E-state index in [4.69, 9.17) is 11.6 Å². The highest BCUT2D eigenvalue weighted by Gasteiger charge is 2.10. The van der Waals surface area contributed by atoms with E-state index in [-0.39, 0.29) is 0 Å². The highest BCUT2D eigenvalue weighted by atomic mass is 35.5. The number of aromatic nitrogens is 2. The minimum Gasteiger partial charge on any atom is -0.260 e. The van der Waals surface area contributed by atoms with Gasteiger partial charge in [-0.2, -0.15) is 5.10 Å². The number of rotatable bonds is 3. The molecule has 0 aliphatic heterocycles. The topological polar surface area (TPSA) is 50.2 Å². The zero-order valence-electron chi connectivity index (χ0n) is 9.06. The number of nitrogens with zero attached hydrogens (tertiary/aromatic N) is 3. The van der Waals surface area contributed by atoms with E-state index in [0.717, 1.165) is 0 Å². The second-order valence-electron chi connectivity index (χ2n) is 4.03. The molecule has 5 heteroatoms. The van der Waals surface area contributed by atoms with E-state index in [1.807, 2.05) is 6.21 Å². The first-order valence-corrected chi connectivity index (χ1v) is 6.01. The predicted molar refractivity (Wildman–Crippen MR) is 65.7 cm³/mol. The van der Waals surface area contributed by atoms with Crippen LogP contribution in [-0.4, -0.2) is 16.4 Å². The van der Waals surface area contributed by atoms with Crippen molar-refractivity contribution in [1.29, 1.82) is 0 Å². The van der Waals surface area contributed by atoms with E-state index in [0.29, 0.717) is 16.9 Å². The number of anilines is 1. The third-order valence-electron chi connectivity index (χ3n) is 2.75. The molecule has 0 atom stereocenters. The Bertz CT molecular complexity index is 344. The summed E-state index contributed by atoms with van der Waals surface area (Å²) >= 11 is 5.63. The van der Waals surface area contributed by atoms with E-state index in [9.17, 15) is 0 Å². The van der Waals surface area contributed by atoms with Crippen LogP contribution in [0.2, 0.25) is 5.15 Å². The highest BCUT2D eigenvalue weighted by molar-refractivity contribution is 6.29. The third-order valence-corrected chi connectivity index (χ3v) is 2.95. The minimum atomic E-state index is 0.391. The van der Waals surface area contributed by atoms with Gasteiger partial charge < -0.3 is 0 Å². The molecule has 2 rings (SSSR count). The van der Waals surface area contributed by atoms with Crippen molar-refractivity contribution in [2.45, 2.75) is 32.1 Å². The van der Waals surface area contributed by atoms with Crippen molar-refractivity contribution < 1.29 is 0 Å². The fourth-order valence-electron chi connectivity index (χ4n) is 1.87. The Labute approximate surface area is 100 Å². The van der Waals surface area contributed by atoms with E-state index >= 15 is 0 Å². The second-order valence-corrected chi connectivity index (χ2v) is 4.42. The summed E-state index contributed by atoms with van der Waals surface area (Å²) in [6, 6.07) is 3.45. The van der Waals surface area contributed by atoms with Crippen LogP contribution in [0.25, 0.3) is 0 Å². The minimum absolute atomic E-state index is 0.391. The molecule has 1 aromatic heterocycles. The molecule has 1 aliphatic rings. The van der Waals surface area contributed by atoms with Crippen molar-refractivity contribution in [2.24, 2.45) is 11.0 Å². The standard InChI is InChI=1S/C11H15ClN4/c12-10-6-7-11(16-14-10)15-13-8-9-4-2-1-3-5-9/h6-9H,1-5H2,(H,15,16)/b13-8+. The Morgan fingerprint density at radius 2 is 2.06 bits per heavy atom. The van der Waals surface area contributed by atoms with Gasteiger partial charge in [0.2, 0.25) is 0 Å². The van der Waals surface area contributed by atoms with Crippen LogP contribution in [0.4, 0.5) is 5.82 Å². The van der Waals surface area contributed by atoms with Gasteiger partial charge in [0.25, 0.3) is 0 Å². The maximum atomic E-state index is 5.63. The second kappa shape index (κ2) is 5.80. The molecule has 0 aromatic carbocycles. The SMILES string of the molecule is Clc1ccc(N/N=C/C2CCCCC2)nn1. The van der Waals surface area contributed by atoms with Crippen molar-refractivity contribution in [3.05, 3.63) is 17.3 Å². The summed E-state index contributed by atoms with van der Waals surface area (Å²) < 4.78 is 0. The molecule has 0 amide bonds. The van der Waals surface area contributed by atoms with E-state index in [2.05, 4.69) is 20.7 Å². The molecule has 16 heavy (non-hydrogen) atoms. The average molecular weight is 239 g/mol. The largest absolute Gasteiger partial charge is 0.260 e. The first kappa shape index (κ1) is 11.3. The van der Waals surface area contributed by atoms with Crippen LogP contribution in [0.15, 0.2) is 17.2 Å². The number of hydrogen-bond acceptors (Lipinski definition) is 4. The molecule has 1 fully saturated rings. The quantitative estimate of drug-likeness (QED) is 0.650. The molecule has 0 bridgehead atoms. The summed E-state index contributed by atoms with van der Waals surface area (Å²) in [4.78, 5) is 0. The van der Waals surface area contributed by atoms with Crippen molar-refractivity contribution in [3.8, 4) is 0 Å². The van der Waals surface area contributed by atoms with Gasteiger partial charge in [-0.1, -0.05) is 30.9 Å². The van der Waals surface area contributed by atoms with Crippen LogP contribution < -0.4 is 5.43 Å². The Balaban J connectivity index is 1.81. The van der Waals surface area contributed by atoms with Gasteiger partial charge in [0, 0.05) is 6.21 Å². The Hall–Kier alpha value is -1.16. The molecule has 0 radical (unpaired) electrons. The monoisotopic (exact) mass is 238 g/mol. The zero-order valence-corrected chi connectivity index (χ0v) is 9.82. The van der Waals surface area contributed by atoms with Gasteiger partial charge in [-0.3, -0.25) is 5.43 Å². The number of nitrogens with one attached hydrogen (secondary N) is 1. The molecular weight excluding hydrogens is 224 g/mol. The van der Waals surface area contributed by atoms with Crippen LogP contribution >= 0.6 is 11.6 Å². The average Bonchev–Trinajstić information content (AvgIpc) is 2.33. The molecule has 86 valence electrons. The maximum Gasteiger partial charge on any atom is 0.168 e. The Morgan fingerprint density at radius 1 is 1.25 bits per heavy atom. The van der Waals surface area contributed by atoms with Crippen LogP contribution in [0.3, 0.4) is 0 Å². The van der Waals surface area contributed by atoms with Crippen LogP contribution in [0, 0.1) is 5.92 Å². The summed E-state index contributed by atoms with van der Waals surface area (Å²) in [5.74, 6) is 1.23. The summed E-state index contributed by atoms with van der Waals surface area (Å²) in [5, 5.41) is 12.1. The van der Waals surface area contributed by atoms with Crippen molar-refractivity contribution in [2.75, 3.05) is 5.43 Å². The van der Waals surface area contributed by atoms with Crippen molar-refractivity contribution in [3.63, 3.8) is 0 Å². The van der Waals surface area contributed by atoms with Gasteiger partial charge >= 0.3 is 0 Å². The summed E-state index contributed by atoms with van der Waals surface area (Å²) in [5.41, 5.74) is 2.86. The van der Waals surface area contributed by atoms with Gasteiger partial charge in [0.05, 0.1) is 0 Å². The lowest BCUT2D eigenvalue weighted by molar-refractivity contribution is 0.445. The van der Waals surface area contributed by atoms with Gasteiger partial charge in [-0.05, 0) is 30.9 Å². The molecule has 1 heterocycles. The van der Waals surface area contributed by atoms with E-state index in [1.165, 1.54) is 32.1 Å². The third kappa shape index (κ3) is 3.45. The number of hydrazone groups is 1. The van der Waals surface area contributed by atoms with E-state index < -0.39 is 0 Å². The van der Waals surface area contributed by atoms with E-state index in [1.54, 1.807) is 12.1 Å². The van der Waals surface area contributed by atoms with Gasteiger partial charge in [0.15, 0.2) is 11.0 Å². The smallest absolute Gasteiger partial charge is 0.168 e. The molecule has 0 saturated heterocycles. The van der Waals surface area contributed by atoms with Crippen LogP contribution in [-0.2, 0) is 0 Å². The van der Waals surface area contributed by atoms with Gasteiger partial charge in [-0.15, -0.1) is 10.2 Å². The molecule has 4 nitrogen and oxygen atoms in total. The Morgan fingerprint density at radius 3 is 2.75 bits per heavy atom. The predicted octanol–water partition coefficient (Wildman–Crippen LogP) is 3.11. The molecule has 1 aromatic rings. The fourth-order valence-corrected chi connectivity index (χ4v) is 1.97. The summed E-state index contributed by atoms with van der Waals surface area (Å²) in [6.45, 7) is 0. The zero-order chi connectivity index (χ0) is 11.2. The lowest BCUT2D eigenvalue weighted by atomic mass is 9.90. The van der Waals surface area contributed by atoms with Crippen LogP contribution in [0.1, 0.15) is 32.1 Å². The number of hydrogen-bond donors (Lipinski definition) is 1. The first-order valence-electron chi connectivity index (χ1n) is 5.63. The van der Waals surface area contributed by atoms with Gasteiger partial charge in [0.1, 0.15) is 0 Å². The fraction of sp³-hybridized carbons (Fsp3) is 0.545. The lowest BCUT2D eigenvalue weighted by Gasteiger charge is -2.16. The van der Waals surface area contributed by atoms with Crippen LogP contribution in [0.5, 0.6) is 0 Å². The first-order chi connectivity index (χ1) is 7.84. The molecule has 1 N–H and O–H groups in total. The molecule has 1 aliphatic carbocycles. The maximum absolute atomic E-state index is 5.63. The van der Waals surface area contributed by atoms with Crippen molar-refractivity contribution >= 4 is 23.6 Å². The molecule has 0 spiro atoms. The molecule has 0 unspecified atom stereocenters. The Kier molecular flexibility index (Phi) is 4.10. The summed E-state index contributed by atoms with van der Waals surface area (Å²) in [7, 11) is 0. The highest BCUT2D eigenvalue weighted by Crippen LogP contribution is 2.21. The molecule has 1 saturated carbocycles. The summed E-state index contributed by atoms with van der Waals surface area (Å²) in [6.07, 6.45) is 8.47.